The molecule has 0 aromatic heterocycles. The summed E-state index contributed by atoms with van der Waals surface area (Å²) in [7, 11) is -2.62. The average molecular weight is 1670 g/mol. The first-order valence-electron chi connectivity index (χ1n) is 48.3. The minimum Gasteiger partial charge on any atom is -0.462 e. The van der Waals surface area contributed by atoms with Crippen molar-refractivity contribution < 1.29 is 76.3 Å². The summed E-state index contributed by atoms with van der Waals surface area (Å²) in [5.74, 6) is -3.99. The molecule has 2 amide bonds. The van der Waals surface area contributed by atoms with Crippen molar-refractivity contribution in [1.29, 1.82) is 0 Å². The molecular weight excluding hydrogens is 1500 g/mol. The van der Waals surface area contributed by atoms with E-state index in [-0.39, 0.29) is 68.7 Å². The number of rotatable bonds is 76. The number of hydrogen-bond donors (Lipinski definition) is 3. The molecule has 18 nitrogen and oxygen atoms in total. The topological polar surface area (TPSA) is 238 Å². The van der Waals surface area contributed by atoms with Crippen LogP contribution in [0.4, 0.5) is 0 Å². The Morgan fingerprint density at radius 1 is 0.432 bits per heavy atom. The quantitative estimate of drug-likeness (QED) is 0.0241. The Morgan fingerprint density at radius 2 is 0.780 bits per heavy atom. The monoisotopic (exact) mass is 1670 g/mol. The number of carbonyl (C=O) groups is 7. The van der Waals surface area contributed by atoms with Crippen molar-refractivity contribution in [3.63, 3.8) is 0 Å². The number of aliphatic hydroxyl groups is 1. The zero-order valence-corrected chi connectivity index (χ0v) is 77.5. The fraction of sp³-hybridized carbons (Fsp3) is 0.808. The van der Waals surface area contributed by atoms with Gasteiger partial charge in [0.05, 0.1) is 32.5 Å². The van der Waals surface area contributed by atoms with Gasteiger partial charge in [-0.25, -0.2) is 4.79 Å². The third kappa shape index (κ3) is 53.6. The summed E-state index contributed by atoms with van der Waals surface area (Å²) in [5, 5.41) is 18.6. The Morgan fingerprint density at radius 3 is 1.17 bits per heavy atom. The molecular formula is C99H172N2O16Si. The number of ether oxygens (including phenoxy) is 7. The summed E-state index contributed by atoms with van der Waals surface area (Å²) >= 11 is 0. The van der Waals surface area contributed by atoms with Gasteiger partial charge in [0.2, 0.25) is 11.8 Å². The van der Waals surface area contributed by atoms with E-state index in [1.807, 2.05) is 36.4 Å². The van der Waals surface area contributed by atoms with E-state index in [1.54, 1.807) is 0 Å². The second-order valence-electron chi connectivity index (χ2n) is 35.8. The summed E-state index contributed by atoms with van der Waals surface area (Å²) < 4.78 is 51.6. The first-order chi connectivity index (χ1) is 57.1. The van der Waals surface area contributed by atoms with E-state index in [0.717, 1.165) is 186 Å². The van der Waals surface area contributed by atoms with Crippen LogP contribution in [0.1, 0.15) is 426 Å². The standard InChI is InChI=1S/C99H172N2O16Si/c1-11-16-21-26-31-34-39-45-58-69-83(113-90(104)72-61-48-37-29-24-19-14-4)75-88(102)100-86(97(109)110-78-82-67-56-52-57-68-82)79-111-98-94(101-89(103)76-84(70-59-46-40-35-32-27-22-17-12-2)114-91(105)73-62-49-38-30-25-20-15-5)96(95(108)87(116-98)80-112-118(9,10)99(6,7)8)117-93(107)77-85(71-60-47-41-36-33-28-23-18-13-3)115-92(106)74-63-50-43-42-44-53-64-81-65-54-51-55-66-81/h51-52,54-57,65-68,83-87,94-96,98,108H,11-50,53,58-64,69-80H2,1-10H3,(H,100,102)(H,101,103)/t83-,84-,85-,86+,87?,94?,95?,96?,98?/m1/s1. The van der Waals surface area contributed by atoms with Crippen LogP contribution in [-0.4, -0.2) is 123 Å². The van der Waals surface area contributed by atoms with Crippen LogP contribution in [0.25, 0.3) is 0 Å². The second kappa shape index (κ2) is 69.2. The van der Waals surface area contributed by atoms with Gasteiger partial charge in [-0.2, -0.15) is 0 Å². The molecule has 0 radical (unpaired) electrons. The minimum absolute atomic E-state index is 0.144. The van der Waals surface area contributed by atoms with E-state index in [4.69, 9.17) is 37.6 Å². The molecule has 19 heteroatoms. The molecule has 9 atom stereocenters. The van der Waals surface area contributed by atoms with Crippen molar-refractivity contribution in [3.8, 4) is 0 Å². The smallest absolute Gasteiger partial charge is 0.331 e. The van der Waals surface area contributed by atoms with E-state index in [1.165, 1.54) is 95.5 Å². The normalized spacial score (nSPS) is 16.7. The van der Waals surface area contributed by atoms with E-state index < -0.39 is 99.6 Å². The second-order valence-corrected chi connectivity index (χ2v) is 40.7. The van der Waals surface area contributed by atoms with Crippen molar-refractivity contribution >= 4 is 50.0 Å². The van der Waals surface area contributed by atoms with Gasteiger partial charge in [0.1, 0.15) is 43.2 Å². The van der Waals surface area contributed by atoms with Gasteiger partial charge in [-0.3, -0.25) is 28.8 Å². The molecule has 0 saturated carbocycles. The molecule has 1 aliphatic heterocycles. The molecule has 1 aliphatic rings. The first-order valence-corrected chi connectivity index (χ1v) is 51.2. The number of aryl methyl sites for hydroxylation is 1. The Labute approximate surface area is 719 Å². The summed E-state index contributed by atoms with van der Waals surface area (Å²) in [4.78, 5) is 102. The SMILES string of the molecule is CCCCCCCCCCC[C@H](CC(=O)NC1C(OC[C@H](NC(=O)C[C@@H](CCCCCCCCCCC)OC(=O)CCCCCCCCC)C(=O)OCc2ccccc2)OC(CO[Si](C)(C)C(C)(C)C)C(O)C1OC(=O)C[C@@H](CCCCCCCCCCC)OC(=O)CCCCCCCCc1ccccc1)OC(=O)CCCCCCCCC. The third-order valence-corrected chi connectivity index (χ3v) is 28.4. The van der Waals surface area contributed by atoms with Gasteiger partial charge in [-0.05, 0) is 99.9 Å². The van der Waals surface area contributed by atoms with Crippen LogP contribution < -0.4 is 10.6 Å². The Balaban J connectivity index is 2.17. The number of carbonyl (C=O) groups excluding carboxylic acids is 7. The number of aliphatic hydroxyl groups excluding tert-OH is 1. The van der Waals surface area contributed by atoms with Crippen molar-refractivity contribution in [1.82, 2.24) is 10.6 Å². The molecule has 2 aromatic carbocycles. The van der Waals surface area contributed by atoms with Crippen LogP contribution in [0.15, 0.2) is 60.7 Å². The summed E-state index contributed by atoms with van der Waals surface area (Å²) in [5.41, 5.74) is 2.03. The van der Waals surface area contributed by atoms with Gasteiger partial charge < -0.3 is 53.3 Å². The lowest BCUT2D eigenvalue weighted by molar-refractivity contribution is -0.274. The minimum atomic E-state index is -2.62. The van der Waals surface area contributed by atoms with Gasteiger partial charge in [0.15, 0.2) is 26.8 Å². The maximum absolute atomic E-state index is 15.3. The molecule has 118 heavy (non-hydrogen) atoms. The van der Waals surface area contributed by atoms with Crippen LogP contribution in [0.2, 0.25) is 18.1 Å². The summed E-state index contributed by atoms with van der Waals surface area (Å²) in [6.07, 6.45) is 42.6. The van der Waals surface area contributed by atoms with Gasteiger partial charge >= 0.3 is 29.8 Å². The van der Waals surface area contributed by atoms with E-state index in [9.17, 15) is 29.1 Å². The zero-order valence-electron chi connectivity index (χ0n) is 76.5. The van der Waals surface area contributed by atoms with Crippen molar-refractivity contribution in [2.45, 2.75) is 501 Å². The molecule has 0 spiro atoms. The van der Waals surface area contributed by atoms with Crippen LogP contribution in [0.3, 0.4) is 0 Å². The lowest BCUT2D eigenvalue weighted by Gasteiger charge is -2.45. The lowest BCUT2D eigenvalue weighted by Crippen LogP contribution is -2.67. The first kappa shape index (κ1) is 107. The molecule has 0 bridgehead atoms. The summed E-state index contributed by atoms with van der Waals surface area (Å²) in [6, 6.07) is 16.6. The number of unbranched alkanes of at least 4 members (excludes halogenated alkanes) is 41. The fourth-order valence-electron chi connectivity index (χ4n) is 15.3. The van der Waals surface area contributed by atoms with Crippen LogP contribution >= 0.6 is 0 Å². The van der Waals surface area contributed by atoms with Crippen LogP contribution in [0.5, 0.6) is 0 Å². The van der Waals surface area contributed by atoms with Crippen LogP contribution in [0, 0.1) is 0 Å². The molecule has 2 aromatic rings. The Kier molecular flexibility index (Phi) is 62.8. The molecule has 1 saturated heterocycles. The highest BCUT2D eigenvalue weighted by Crippen LogP contribution is 2.38. The largest absolute Gasteiger partial charge is 0.462 e. The molecule has 3 N–H and O–H groups in total. The molecule has 5 unspecified atom stereocenters. The van der Waals surface area contributed by atoms with Gasteiger partial charge in [0, 0.05) is 19.3 Å². The number of esters is 5. The number of amides is 2. The lowest BCUT2D eigenvalue weighted by atomic mass is 9.95. The highest BCUT2D eigenvalue weighted by atomic mass is 28.4. The van der Waals surface area contributed by atoms with E-state index in [0.29, 0.717) is 56.9 Å². The van der Waals surface area contributed by atoms with Gasteiger partial charge in [-0.1, -0.05) is 373 Å². The van der Waals surface area contributed by atoms with Crippen molar-refractivity contribution in [3.05, 3.63) is 71.8 Å². The summed E-state index contributed by atoms with van der Waals surface area (Å²) in [6.45, 7) is 20.5. The number of hydrogen-bond acceptors (Lipinski definition) is 16. The highest BCUT2D eigenvalue weighted by Gasteiger charge is 2.51. The highest BCUT2D eigenvalue weighted by molar-refractivity contribution is 6.74. The Bertz CT molecular complexity index is 2840. The maximum Gasteiger partial charge on any atom is 0.331 e. The van der Waals surface area contributed by atoms with Crippen molar-refractivity contribution in [2.75, 3.05) is 13.2 Å². The number of nitrogens with one attached hydrogen (secondary N) is 2. The fourth-order valence-corrected chi connectivity index (χ4v) is 16.3. The van der Waals surface area contributed by atoms with E-state index in [2.05, 4.69) is 103 Å². The Hall–Kier alpha value is -5.21. The molecule has 1 fully saturated rings. The molecule has 3 rings (SSSR count). The zero-order chi connectivity index (χ0) is 86.0. The molecule has 1 heterocycles. The van der Waals surface area contributed by atoms with Gasteiger partial charge in [-0.15, -0.1) is 0 Å². The molecule has 0 aliphatic carbocycles. The molecule has 678 valence electrons. The average Bonchev–Trinajstić information content (AvgIpc) is 0.784. The maximum atomic E-state index is 15.3. The van der Waals surface area contributed by atoms with Gasteiger partial charge in [0.25, 0.3) is 0 Å². The van der Waals surface area contributed by atoms with Crippen molar-refractivity contribution in [2.24, 2.45) is 0 Å². The third-order valence-electron chi connectivity index (χ3n) is 23.9. The number of benzene rings is 2. The predicted octanol–water partition coefficient (Wildman–Crippen LogP) is 24.7. The predicted molar refractivity (Wildman–Crippen MR) is 480 cm³/mol. The van der Waals surface area contributed by atoms with Crippen LogP contribution in [-0.2, 0) is 84.2 Å². The van der Waals surface area contributed by atoms with E-state index >= 15 is 9.59 Å².